The number of benzene rings is 2. The average Bonchev–Trinajstić information content (AvgIpc) is 3.54. The molecule has 3 fully saturated rings. The molecule has 2 saturated carbocycles. The summed E-state index contributed by atoms with van der Waals surface area (Å²) in [6.07, 6.45) is 2.72. The second kappa shape index (κ2) is 9.57. The summed E-state index contributed by atoms with van der Waals surface area (Å²) in [4.78, 5) is 54.8. The van der Waals surface area contributed by atoms with Gasteiger partial charge in [0.1, 0.15) is 6.04 Å². The fourth-order valence-electron chi connectivity index (χ4n) is 5.98. The van der Waals surface area contributed by atoms with Gasteiger partial charge in [-0.05, 0) is 86.1 Å². The molecule has 6 nitrogen and oxygen atoms in total. The van der Waals surface area contributed by atoms with Gasteiger partial charge >= 0.3 is 0 Å². The normalized spacial score (nSPS) is 25.6. The van der Waals surface area contributed by atoms with E-state index in [-0.39, 0.29) is 29.7 Å². The number of hydrogen-bond acceptors (Lipinski definition) is 4. The van der Waals surface area contributed by atoms with Crippen LogP contribution in [0, 0.1) is 23.7 Å². The maximum absolute atomic E-state index is 13.9. The van der Waals surface area contributed by atoms with Crippen molar-refractivity contribution in [1.29, 1.82) is 0 Å². The Morgan fingerprint density at radius 2 is 1.34 bits per heavy atom. The van der Waals surface area contributed by atoms with Gasteiger partial charge in [0.15, 0.2) is 5.78 Å². The Kier molecular flexibility index (Phi) is 6.64. The predicted molar refractivity (Wildman–Crippen MR) is 132 cm³/mol. The van der Waals surface area contributed by atoms with Crippen molar-refractivity contribution in [2.45, 2.75) is 31.7 Å². The molecule has 9 heteroatoms. The number of rotatable bonds is 7. The minimum absolute atomic E-state index is 0.0444. The first-order valence-corrected chi connectivity index (χ1v) is 12.9. The highest BCUT2D eigenvalue weighted by atomic mass is 35.5. The maximum atomic E-state index is 13.9. The van der Waals surface area contributed by atoms with Crippen LogP contribution in [0.3, 0.4) is 0 Å². The summed E-state index contributed by atoms with van der Waals surface area (Å²) in [7, 11) is 0. The van der Waals surface area contributed by atoms with Crippen LogP contribution in [0.5, 0.6) is 0 Å². The molecule has 2 bridgehead atoms. The summed E-state index contributed by atoms with van der Waals surface area (Å²) in [6.45, 7) is 0. The van der Waals surface area contributed by atoms with E-state index >= 15 is 0 Å². The molecule has 0 spiro atoms. The van der Waals surface area contributed by atoms with Gasteiger partial charge in [-0.25, -0.2) is 5.01 Å². The van der Waals surface area contributed by atoms with E-state index < -0.39 is 41.4 Å². The first-order valence-electron chi connectivity index (χ1n) is 11.6. The summed E-state index contributed by atoms with van der Waals surface area (Å²) in [5.41, 5.74) is 0.510. The topological polar surface area (TPSA) is 74.8 Å². The van der Waals surface area contributed by atoms with Crippen molar-refractivity contribution in [3.05, 3.63) is 69.7 Å². The highest BCUT2D eigenvalue weighted by Gasteiger charge is 2.63. The quantitative estimate of drug-likeness (QED) is 0.276. The van der Waals surface area contributed by atoms with Crippen molar-refractivity contribution in [2.75, 3.05) is 5.88 Å². The lowest BCUT2D eigenvalue weighted by Gasteiger charge is -2.36. The molecule has 1 aliphatic heterocycles. The average molecular weight is 534 g/mol. The largest absolute Gasteiger partial charge is 0.292 e. The van der Waals surface area contributed by atoms with Crippen molar-refractivity contribution < 1.29 is 19.2 Å². The monoisotopic (exact) mass is 532 g/mol. The number of Topliss-reactive ketones (excluding diaryl/α,β-unsaturated/α-hetero) is 1. The van der Waals surface area contributed by atoms with E-state index in [2.05, 4.69) is 0 Å². The lowest BCUT2D eigenvalue weighted by molar-refractivity contribution is -0.157. The van der Waals surface area contributed by atoms with Gasteiger partial charge in [0.25, 0.3) is 17.7 Å². The van der Waals surface area contributed by atoms with Crippen LogP contribution in [-0.4, -0.2) is 45.4 Å². The first kappa shape index (κ1) is 24.3. The van der Waals surface area contributed by atoms with Gasteiger partial charge in [-0.2, -0.15) is 5.01 Å². The van der Waals surface area contributed by atoms with E-state index in [1.807, 2.05) is 0 Å². The molecular formula is C26H23Cl3N2O4. The smallest absolute Gasteiger partial charge is 0.273 e. The Bertz CT molecular complexity index is 1160. The molecule has 2 aromatic carbocycles. The minimum atomic E-state index is -1.15. The third kappa shape index (κ3) is 4.15. The Labute approximate surface area is 218 Å². The molecule has 35 heavy (non-hydrogen) atoms. The molecule has 0 radical (unpaired) electrons. The number of fused-ring (bicyclic) bond motifs is 5. The van der Waals surface area contributed by atoms with Crippen molar-refractivity contribution in [3.63, 3.8) is 0 Å². The summed E-state index contributed by atoms with van der Waals surface area (Å²) in [6, 6.07) is 11.2. The molecule has 0 N–H and O–H groups in total. The Hall–Kier alpha value is -2.41. The molecule has 5 atom stereocenters. The number of carbonyl (C=O) groups excluding carboxylic acids is 4. The zero-order chi connectivity index (χ0) is 24.9. The summed E-state index contributed by atoms with van der Waals surface area (Å²) >= 11 is 18.1. The van der Waals surface area contributed by atoms with Gasteiger partial charge < -0.3 is 0 Å². The number of nitrogens with zero attached hydrogens (tertiary/aromatic N) is 2. The predicted octanol–water partition coefficient (Wildman–Crippen LogP) is 5.26. The van der Waals surface area contributed by atoms with E-state index in [0.29, 0.717) is 15.6 Å². The van der Waals surface area contributed by atoms with Crippen LogP contribution in [0.4, 0.5) is 0 Å². The molecule has 182 valence electrons. The van der Waals surface area contributed by atoms with E-state index in [9.17, 15) is 19.2 Å². The van der Waals surface area contributed by atoms with E-state index in [0.717, 1.165) is 29.3 Å². The lowest BCUT2D eigenvalue weighted by Crippen LogP contribution is -2.58. The van der Waals surface area contributed by atoms with Crippen LogP contribution >= 0.6 is 34.8 Å². The molecule has 1 saturated heterocycles. The second-order valence-corrected chi connectivity index (χ2v) is 10.6. The number of hydrogen-bond donors (Lipinski definition) is 0. The van der Waals surface area contributed by atoms with E-state index in [1.54, 1.807) is 36.4 Å². The fourth-order valence-corrected chi connectivity index (χ4v) is 6.43. The van der Waals surface area contributed by atoms with Crippen molar-refractivity contribution in [3.8, 4) is 0 Å². The van der Waals surface area contributed by atoms with Crippen LogP contribution < -0.4 is 0 Å². The molecule has 3 aliphatic rings. The number of halogens is 3. The summed E-state index contributed by atoms with van der Waals surface area (Å²) < 4.78 is 0. The van der Waals surface area contributed by atoms with Crippen molar-refractivity contribution >= 4 is 58.3 Å². The molecule has 3 amide bonds. The van der Waals surface area contributed by atoms with Gasteiger partial charge in [-0.1, -0.05) is 23.2 Å². The standard InChI is InChI=1S/C26H23Cl3N2O4/c27-12-11-20(23(32)14-3-7-18(28)8-4-14)30(24(33)15-5-9-19(29)10-6-15)31-25(34)21-16-1-2-17(13-16)22(21)26(31)35/h3-10,16-17,20-22H,1-2,11-13H2/t16-,17-,20-,21+,22+/m0/s1. The summed E-state index contributed by atoms with van der Waals surface area (Å²) in [5.74, 6) is -2.43. The second-order valence-electron chi connectivity index (χ2n) is 9.39. The molecule has 2 aliphatic carbocycles. The SMILES string of the molecule is O=C(c1ccc(Cl)cc1)[C@H](CCCl)N(C(=O)c1ccc(Cl)cc1)N1C(=O)[C@@H]2[C@H]3CC[C@@H](C3)[C@H]2C1=O. The van der Waals surface area contributed by atoms with Crippen LogP contribution in [0.15, 0.2) is 48.5 Å². The Morgan fingerprint density at radius 1 is 0.857 bits per heavy atom. The lowest BCUT2D eigenvalue weighted by atomic mass is 9.81. The highest BCUT2D eigenvalue weighted by Crippen LogP contribution is 2.56. The molecule has 0 aromatic heterocycles. The minimum Gasteiger partial charge on any atom is -0.292 e. The number of ketones is 1. The molecule has 0 unspecified atom stereocenters. The van der Waals surface area contributed by atoms with Crippen LogP contribution in [0.1, 0.15) is 46.4 Å². The number of carbonyl (C=O) groups is 4. The Morgan fingerprint density at radius 3 is 1.83 bits per heavy atom. The first-order chi connectivity index (χ1) is 16.8. The van der Waals surface area contributed by atoms with E-state index in [1.165, 1.54) is 12.1 Å². The van der Waals surface area contributed by atoms with Gasteiger partial charge in [0.05, 0.1) is 11.8 Å². The van der Waals surface area contributed by atoms with Gasteiger partial charge in [-0.15, -0.1) is 11.6 Å². The highest BCUT2D eigenvalue weighted by molar-refractivity contribution is 6.31. The van der Waals surface area contributed by atoms with Crippen molar-refractivity contribution in [1.82, 2.24) is 10.0 Å². The van der Waals surface area contributed by atoms with Crippen LogP contribution in [0.25, 0.3) is 0 Å². The van der Waals surface area contributed by atoms with Crippen LogP contribution in [0.2, 0.25) is 10.0 Å². The maximum Gasteiger partial charge on any atom is 0.273 e. The third-order valence-electron chi connectivity index (χ3n) is 7.53. The number of imide groups is 1. The van der Waals surface area contributed by atoms with Gasteiger partial charge in [0.2, 0.25) is 0 Å². The zero-order valence-electron chi connectivity index (χ0n) is 18.7. The van der Waals surface area contributed by atoms with Crippen LogP contribution in [-0.2, 0) is 9.59 Å². The van der Waals surface area contributed by atoms with E-state index in [4.69, 9.17) is 34.8 Å². The third-order valence-corrected chi connectivity index (χ3v) is 8.25. The van der Waals surface area contributed by atoms with Gasteiger partial charge in [0, 0.05) is 27.1 Å². The number of alkyl halides is 1. The molecule has 1 heterocycles. The number of hydrazine groups is 1. The Balaban J connectivity index is 1.58. The molecule has 2 aromatic rings. The van der Waals surface area contributed by atoms with Crippen molar-refractivity contribution in [2.24, 2.45) is 23.7 Å². The molecule has 5 rings (SSSR count). The molecular weight excluding hydrogens is 511 g/mol. The number of amides is 3. The fraction of sp³-hybridized carbons (Fsp3) is 0.385. The van der Waals surface area contributed by atoms with Gasteiger partial charge in [-0.3, -0.25) is 19.2 Å². The summed E-state index contributed by atoms with van der Waals surface area (Å²) in [5, 5.41) is 2.88. The zero-order valence-corrected chi connectivity index (χ0v) is 21.0.